The van der Waals surface area contributed by atoms with Crippen LogP contribution in [0.25, 0.3) is 0 Å². The van der Waals surface area contributed by atoms with E-state index in [-0.39, 0.29) is 11.8 Å². The van der Waals surface area contributed by atoms with Crippen LogP contribution in [0.5, 0.6) is 5.75 Å². The van der Waals surface area contributed by atoms with Gasteiger partial charge in [-0.05, 0) is 44.9 Å². The lowest BCUT2D eigenvalue weighted by Gasteiger charge is -2.23. The molecule has 0 aliphatic rings. The minimum atomic E-state index is -0.526. The molecule has 0 bridgehead atoms. The first-order valence-electron chi connectivity index (χ1n) is 6.27. The second kappa shape index (κ2) is 6.43. The van der Waals surface area contributed by atoms with E-state index >= 15 is 0 Å². The fraction of sp³-hybridized carbons (Fsp3) is 0.500. The van der Waals surface area contributed by atoms with Crippen LogP contribution in [0.3, 0.4) is 0 Å². The first-order valence-corrected chi connectivity index (χ1v) is 6.27. The Morgan fingerprint density at radius 3 is 2.42 bits per heavy atom. The average molecular weight is 266 g/mol. The van der Waals surface area contributed by atoms with Gasteiger partial charge in [0.05, 0.1) is 0 Å². The number of rotatable bonds is 4. The van der Waals surface area contributed by atoms with Gasteiger partial charge in [0.2, 0.25) is 0 Å². The normalized spacial score (nSPS) is 12.8. The van der Waals surface area contributed by atoms with Gasteiger partial charge in [-0.3, -0.25) is 0 Å². The van der Waals surface area contributed by atoms with E-state index in [0.717, 1.165) is 5.56 Å². The van der Waals surface area contributed by atoms with E-state index < -0.39 is 11.7 Å². The molecule has 0 aliphatic heterocycles. The van der Waals surface area contributed by atoms with Crippen molar-refractivity contribution in [1.29, 1.82) is 0 Å². The van der Waals surface area contributed by atoms with Gasteiger partial charge >= 0.3 is 6.09 Å². The highest BCUT2D eigenvalue weighted by Gasteiger charge is 2.19. The number of nitrogens with two attached hydrogens (primary N) is 1. The largest absolute Gasteiger partial charge is 0.508 e. The number of nitrogens with one attached hydrogen (secondary N) is 1. The molecular weight excluding hydrogens is 244 g/mol. The van der Waals surface area contributed by atoms with Crippen LogP contribution >= 0.6 is 0 Å². The molecule has 0 fully saturated rings. The molecule has 0 aromatic heterocycles. The molecule has 19 heavy (non-hydrogen) atoms. The lowest BCUT2D eigenvalue weighted by Crippen LogP contribution is -2.44. The van der Waals surface area contributed by atoms with E-state index in [9.17, 15) is 9.90 Å². The van der Waals surface area contributed by atoms with Gasteiger partial charge in [-0.25, -0.2) is 4.79 Å². The third-order valence-corrected chi connectivity index (χ3v) is 2.42. The average Bonchev–Trinajstić information content (AvgIpc) is 2.28. The molecule has 5 heteroatoms. The molecule has 0 spiro atoms. The Kier molecular flexibility index (Phi) is 5.18. The molecule has 0 aliphatic carbocycles. The van der Waals surface area contributed by atoms with Gasteiger partial charge < -0.3 is 20.9 Å². The monoisotopic (exact) mass is 266 g/mol. The number of benzene rings is 1. The second-order valence-electron chi connectivity index (χ2n) is 5.45. The summed E-state index contributed by atoms with van der Waals surface area (Å²) in [5, 5.41) is 11.9. The van der Waals surface area contributed by atoms with Crippen LogP contribution in [0.1, 0.15) is 26.3 Å². The van der Waals surface area contributed by atoms with E-state index in [1.54, 1.807) is 24.3 Å². The highest BCUT2D eigenvalue weighted by molar-refractivity contribution is 5.68. The molecule has 5 nitrogen and oxygen atoms in total. The fourth-order valence-electron chi connectivity index (χ4n) is 1.58. The van der Waals surface area contributed by atoms with Gasteiger partial charge in [0.1, 0.15) is 11.4 Å². The maximum absolute atomic E-state index is 11.6. The zero-order valence-electron chi connectivity index (χ0n) is 11.6. The molecule has 1 aromatic carbocycles. The van der Waals surface area contributed by atoms with Crippen molar-refractivity contribution in [3.8, 4) is 5.75 Å². The minimum absolute atomic E-state index is 0.195. The molecular formula is C14H22N2O3. The predicted octanol–water partition coefficient (Wildman–Crippen LogP) is 1.79. The van der Waals surface area contributed by atoms with Crippen LogP contribution in [0.15, 0.2) is 24.3 Å². The van der Waals surface area contributed by atoms with E-state index in [1.165, 1.54) is 0 Å². The maximum Gasteiger partial charge on any atom is 0.407 e. The van der Waals surface area contributed by atoms with E-state index in [2.05, 4.69) is 5.32 Å². The molecule has 0 saturated carbocycles. The number of hydrogen-bond donors (Lipinski definition) is 3. The van der Waals surface area contributed by atoms with Gasteiger partial charge in [-0.2, -0.15) is 0 Å². The Morgan fingerprint density at radius 2 is 1.95 bits per heavy atom. The summed E-state index contributed by atoms with van der Waals surface area (Å²) in [6.07, 6.45) is 0.123. The maximum atomic E-state index is 11.6. The van der Waals surface area contributed by atoms with Crippen LogP contribution in [0, 0.1) is 0 Å². The number of carbonyl (C=O) groups is 1. The zero-order valence-corrected chi connectivity index (χ0v) is 11.6. The first kappa shape index (κ1) is 15.3. The fourth-order valence-corrected chi connectivity index (χ4v) is 1.58. The Morgan fingerprint density at radius 1 is 1.37 bits per heavy atom. The third-order valence-electron chi connectivity index (χ3n) is 2.42. The molecule has 1 aromatic rings. The topological polar surface area (TPSA) is 84.6 Å². The Bertz CT molecular complexity index is 410. The number of aromatic hydroxyl groups is 1. The Balaban J connectivity index is 2.54. The number of amides is 1. The van der Waals surface area contributed by atoms with E-state index in [1.807, 2.05) is 20.8 Å². The number of phenolic OH excluding ortho intramolecular Hbond substituents is 1. The van der Waals surface area contributed by atoms with Crippen molar-refractivity contribution < 1.29 is 14.6 Å². The number of ether oxygens (including phenoxy) is 1. The van der Waals surface area contributed by atoms with Crippen molar-refractivity contribution in [2.24, 2.45) is 5.73 Å². The highest BCUT2D eigenvalue weighted by Crippen LogP contribution is 2.12. The summed E-state index contributed by atoms with van der Waals surface area (Å²) < 4.78 is 5.18. The second-order valence-corrected chi connectivity index (χ2v) is 5.45. The first-order chi connectivity index (χ1) is 8.80. The van der Waals surface area contributed by atoms with Crippen molar-refractivity contribution in [2.45, 2.75) is 38.8 Å². The van der Waals surface area contributed by atoms with E-state index in [0.29, 0.717) is 13.0 Å². The van der Waals surface area contributed by atoms with Crippen molar-refractivity contribution in [3.63, 3.8) is 0 Å². The quantitative estimate of drug-likeness (QED) is 0.775. The van der Waals surface area contributed by atoms with Gasteiger partial charge in [-0.15, -0.1) is 0 Å². The summed E-state index contributed by atoms with van der Waals surface area (Å²) in [5.41, 5.74) is 6.11. The molecule has 1 rings (SSSR count). The van der Waals surface area contributed by atoms with Crippen molar-refractivity contribution in [1.82, 2.24) is 5.32 Å². The van der Waals surface area contributed by atoms with Crippen molar-refractivity contribution in [3.05, 3.63) is 29.8 Å². The Labute approximate surface area is 113 Å². The molecule has 4 N–H and O–H groups in total. The SMILES string of the molecule is CC(C)(C)OC(=O)N[C@H](CN)Cc1ccc(O)cc1. The molecule has 0 heterocycles. The minimum Gasteiger partial charge on any atom is -0.508 e. The molecule has 1 atom stereocenters. The van der Waals surface area contributed by atoms with Crippen LogP contribution in [0.2, 0.25) is 0 Å². The summed E-state index contributed by atoms with van der Waals surface area (Å²) in [7, 11) is 0. The van der Waals surface area contributed by atoms with Gasteiger partial charge in [0, 0.05) is 12.6 Å². The highest BCUT2D eigenvalue weighted by atomic mass is 16.6. The molecule has 0 radical (unpaired) electrons. The smallest absolute Gasteiger partial charge is 0.407 e. The van der Waals surface area contributed by atoms with Gasteiger partial charge in [0.15, 0.2) is 0 Å². The summed E-state index contributed by atoms with van der Waals surface area (Å²) in [5.74, 6) is 0.216. The number of hydrogen-bond acceptors (Lipinski definition) is 4. The van der Waals surface area contributed by atoms with Crippen molar-refractivity contribution in [2.75, 3.05) is 6.54 Å². The van der Waals surface area contributed by atoms with Gasteiger partial charge in [0.25, 0.3) is 0 Å². The zero-order chi connectivity index (χ0) is 14.5. The predicted molar refractivity (Wildman–Crippen MR) is 74.0 cm³/mol. The summed E-state index contributed by atoms with van der Waals surface area (Å²) in [6.45, 7) is 5.75. The number of carbonyl (C=O) groups excluding carboxylic acids is 1. The van der Waals surface area contributed by atoms with Crippen LogP contribution in [-0.4, -0.2) is 29.4 Å². The lowest BCUT2D eigenvalue weighted by atomic mass is 10.1. The molecule has 0 saturated heterocycles. The molecule has 1 amide bonds. The standard InChI is InChI=1S/C14H22N2O3/c1-14(2,3)19-13(18)16-11(9-15)8-10-4-6-12(17)7-5-10/h4-7,11,17H,8-9,15H2,1-3H3,(H,16,18)/t11-/m0/s1. The number of phenols is 1. The Hall–Kier alpha value is -1.75. The van der Waals surface area contributed by atoms with Crippen molar-refractivity contribution >= 4 is 6.09 Å². The molecule has 0 unspecified atom stereocenters. The summed E-state index contributed by atoms with van der Waals surface area (Å²) in [6, 6.07) is 6.62. The summed E-state index contributed by atoms with van der Waals surface area (Å²) >= 11 is 0. The number of alkyl carbamates (subject to hydrolysis) is 1. The molecule has 106 valence electrons. The van der Waals surface area contributed by atoms with Crippen LogP contribution in [0.4, 0.5) is 4.79 Å². The van der Waals surface area contributed by atoms with E-state index in [4.69, 9.17) is 10.5 Å². The third kappa shape index (κ3) is 6.10. The van der Waals surface area contributed by atoms with Gasteiger partial charge in [-0.1, -0.05) is 12.1 Å². The summed E-state index contributed by atoms with van der Waals surface area (Å²) in [4.78, 5) is 11.6. The lowest BCUT2D eigenvalue weighted by molar-refractivity contribution is 0.0506. The van der Waals surface area contributed by atoms with Crippen LogP contribution < -0.4 is 11.1 Å². The van der Waals surface area contributed by atoms with Crippen LogP contribution in [-0.2, 0) is 11.2 Å².